The first-order valence-electron chi connectivity index (χ1n) is 12.4. The lowest BCUT2D eigenvalue weighted by atomic mass is 9.82. The predicted molar refractivity (Wildman–Crippen MR) is 116 cm³/mol. The van der Waals surface area contributed by atoms with Gasteiger partial charge >= 0.3 is 0 Å². The van der Waals surface area contributed by atoms with Crippen LogP contribution in [0.5, 0.6) is 0 Å². The normalized spacial score (nSPS) is 43.4. The van der Waals surface area contributed by atoms with Crippen LogP contribution in [-0.2, 0) is 9.63 Å². The average molecular weight is 423 g/mol. The SMILES string of the molecule is CC1CCC(C2NC(CN3CCCC(C(=O)NC4CC(C)CCC4O)C3)NO2)CC1. The van der Waals surface area contributed by atoms with Crippen LogP contribution in [0.1, 0.15) is 71.6 Å². The van der Waals surface area contributed by atoms with Crippen molar-refractivity contribution in [1.29, 1.82) is 0 Å². The molecule has 6 unspecified atom stereocenters. The number of aliphatic hydroxyl groups is 1. The number of carbonyl (C=O) groups excluding carboxylic acids is 1. The lowest BCUT2D eigenvalue weighted by molar-refractivity contribution is -0.129. The monoisotopic (exact) mass is 422 g/mol. The molecule has 7 heteroatoms. The lowest BCUT2D eigenvalue weighted by Gasteiger charge is -2.36. The lowest BCUT2D eigenvalue weighted by Crippen LogP contribution is -2.53. The second-order valence-corrected chi connectivity index (χ2v) is 10.6. The van der Waals surface area contributed by atoms with Crippen molar-refractivity contribution in [2.24, 2.45) is 23.7 Å². The first-order valence-corrected chi connectivity index (χ1v) is 12.4. The Balaban J connectivity index is 1.22. The predicted octanol–water partition coefficient (Wildman–Crippen LogP) is 1.97. The summed E-state index contributed by atoms with van der Waals surface area (Å²) in [4.78, 5) is 21.1. The highest BCUT2D eigenvalue weighted by Crippen LogP contribution is 2.32. The summed E-state index contributed by atoms with van der Waals surface area (Å²) in [7, 11) is 0. The van der Waals surface area contributed by atoms with Crippen LogP contribution in [0.15, 0.2) is 0 Å². The Kier molecular flexibility index (Phi) is 7.68. The molecule has 0 aromatic carbocycles. The Morgan fingerprint density at radius 2 is 1.87 bits per heavy atom. The van der Waals surface area contributed by atoms with Crippen LogP contribution in [0, 0.1) is 23.7 Å². The molecule has 7 nitrogen and oxygen atoms in total. The summed E-state index contributed by atoms with van der Waals surface area (Å²) in [6, 6.07) is -0.0813. The second-order valence-electron chi connectivity index (χ2n) is 10.6. The molecule has 6 atom stereocenters. The average Bonchev–Trinajstić information content (AvgIpc) is 3.20. The van der Waals surface area contributed by atoms with Gasteiger partial charge < -0.3 is 10.4 Å². The van der Waals surface area contributed by atoms with Crippen molar-refractivity contribution in [3.63, 3.8) is 0 Å². The van der Waals surface area contributed by atoms with E-state index in [4.69, 9.17) is 4.84 Å². The van der Waals surface area contributed by atoms with E-state index in [2.05, 4.69) is 34.9 Å². The van der Waals surface area contributed by atoms with Gasteiger partial charge in [0.05, 0.1) is 24.2 Å². The largest absolute Gasteiger partial charge is 0.391 e. The van der Waals surface area contributed by atoms with Crippen LogP contribution in [0.2, 0.25) is 0 Å². The number of likely N-dealkylation sites (tertiary alicyclic amines) is 1. The number of carbonyl (C=O) groups is 1. The van der Waals surface area contributed by atoms with Crippen molar-refractivity contribution in [3.05, 3.63) is 0 Å². The summed E-state index contributed by atoms with van der Waals surface area (Å²) in [5.41, 5.74) is 3.20. The van der Waals surface area contributed by atoms with E-state index in [1.165, 1.54) is 25.7 Å². The second kappa shape index (κ2) is 10.3. The molecule has 2 aliphatic heterocycles. The molecule has 1 amide bonds. The number of piperidine rings is 1. The molecule has 30 heavy (non-hydrogen) atoms. The molecular formula is C23H42N4O3. The van der Waals surface area contributed by atoms with Gasteiger partial charge in [-0.05, 0) is 63.3 Å². The molecule has 4 rings (SSSR count). The Morgan fingerprint density at radius 1 is 1.10 bits per heavy atom. The van der Waals surface area contributed by atoms with Crippen molar-refractivity contribution in [1.82, 2.24) is 21.0 Å². The Bertz CT molecular complexity index is 569. The molecule has 0 bridgehead atoms. The molecule has 0 aromatic rings. The van der Waals surface area contributed by atoms with E-state index in [1.54, 1.807) is 0 Å². The minimum atomic E-state index is -0.395. The Morgan fingerprint density at radius 3 is 2.67 bits per heavy atom. The first kappa shape index (κ1) is 22.5. The molecule has 0 radical (unpaired) electrons. The fraction of sp³-hybridized carbons (Fsp3) is 0.957. The molecule has 4 N–H and O–H groups in total. The number of amides is 1. The number of nitrogens with one attached hydrogen (secondary N) is 3. The third-order valence-corrected chi connectivity index (χ3v) is 7.91. The molecule has 0 aromatic heterocycles. The van der Waals surface area contributed by atoms with Gasteiger partial charge in [0, 0.05) is 19.0 Å². The van der Waals surface area contributed by atoms with Gasteiger partial charge in [0.2, 0.25) is 5.91 Å². The van der Waals surface area contributed by atoms with Gasteiger partial charge in [-0.3, -0.25) is 19.8 Å². The number of nitrogens with zero attached hydrogens (tertiary/aromatic N) is 1. The van der Waals surface area contributed by atoms with E-state index in [0.717, 1.165) is 57.7 Å². The van der Waals surface area contributed by atoms with Crippen molar-refractivity contribution < 1.29 is 14.7 Å². The minimum absolute atomic E-state index is 0.0149. The van der Waals surface area contributed by atoms with Crippen molar-refractivity contribution in [3.8, 4) is 0 Å². The maximum absolute atomic E-state index is 12.9. The van der Waals surface area contributed by atoms with Crippen LogP contribution in [0.4, 0.5) is 0 Å². The summed E-state index contributed by atoms with van der Waals surface area (Å²) in [5, 5.41) is 17.1. The highest BCUT2D eigenvalue weighted by Gasteiger charge is 2.36. The van der Waals surface area contributed by atoms with Crippen LogP contribution in [0.25, 0.3) is 0 Å². The van der Waals surface area contributed by atoms with Crippen molar-refractivity contribution in [2.45, 2.75) is 96.2 Å². The quantitative estimate of drug-likeness (QED) is 0.542. The van der Waals surface area contributed by atoms with E-state index in [1.807, 2.05) is 0 Å². The summed E-state index contributed by atoms with van der Waals surface area (Å²) in [5.74, 6) is 2.15. The maximum atomic E-state index is 12.9. The smallest absolute Gasteiger partial charge is 0.224 e. The first-order chi connectivity index (χ1) is 14.5. The van der Waals surface area contributed by atoms with Crippen LogP contribution in [0.3, 0.4) is 0 Å². The van der Waals surface area contributed by atoms with Crippen molar-refractivity contribution >= 4 is 5.91 Å². The highest BCUT2D eigenvalue weighted by molar-refractivity contribution is 5.79. The fourth-order valence-corrected chi connectivity index (χ4v) is 5.85. The Labute approximate surface area is 181 Å². The van der Waals surface area contributed by atoms with Gasteiger partial charge in [0.25, 0.3) is 0 Å². The summed E-state index contributed by atoms with van der Waals surface area (Å²) in [6.07, 6.45) is 9.63. The van der Waals surface area contributed by atoms with Crippen LogP contribution < -0.4 is 16.1 Å². The van der Waals surface area contributed by atoms with Gasteiger partial charge in [-0.1, -0.05) is 26.7 Å². The third kappa shape index (κ3) is 5.74. The number of hydroxylamine groups is 1. The highest BCUT2D eigenvalue weighted by atomic mass is 16.7. The van der Waals surface area contributed by atoms with E-state index >= 15 is 0 Å². The molecule has 2 aliphatic carbocycles. The van der Waals surface area contributed by atoms with Gasteiger partial charge in [0.1, 0.15) is 6.23 Å². The number of aliphatic hydroxyl groups excluding tert-OH is 1. The molecule has 0 spiro atoms. The molecular weight excluding hydrogens is 380 g/mol. The molecule has 2 heterocycles. The van der Waals surface area contributed by atoms with Gasteiger partial charge in [-0.15, -0.1) is 0 Å². The van der Waals surface area contributed by atoms with Crippen molar-refractivity contribution in [2.75, 3.05) is 19.6 Å². The van der Waals surface area contributed by atoms with E-state index in [-0.39, 0.29) is 30.3 Å². The van der Waals surface area contributed by atoms with Gasteiger partial charge in [0.15, 0.2) is 0 Å². The molecule has 4 fully saturated rings. The minimum Gasteiger partial charge on any atom is -0.391 e. The zero-order valence-electron chi connectivity index (χ0n) is 18.8. The molecule has 172 valence electrons. The van der Waals surface area contributed by atoms with E-state index in [9.17, 15) is 9.90 Å². The summed E-state index contributed by atoms with van der Waals surface area (Å²) >= 11 is 0. The topological polar surface area (TPSA) is 85.9 Å². The summed E-state index contributed by atoms with van der Waals surface area (Å²) < 4.78 is 0. The van der Waals surface area contributed by atoms with Crippen LogP contribution in [-0.4, -0.2) is 60.1 Å². The summed E-state index contributed by atoms with van der Waals surface area (Å²) in [6.45, 7) is 7.22. The molecule has 4 aliphatic rings. The standard InChI is InChI=1S/C23H42N4O3/c1-15-5-8-17(9-6-15)23-25-21(26-30-23)14-27-11-3-4-18(13-27)22(29)24-19-12-16(2)7-10-20(19)28/h15-21,23,25-26,28H,3-14H2,1-2H3,(H,24,29). The number of hydrogen-bond acceptors (Lipinski definition) is 6. The van der Waals surface area contributed by atoms with E-state index < -0.39 is 6.10 Å². The van der Waals surface area contributed by atoms with Gasteiger partial charge in [-0.25, -0.2) is 0 Å². The molecule has 2 saturated heterocycles. The number of rotatable bonds is 5. The van der Waals surface area contributed by atoms with E-state index in [0.29, 0.717) is 11.8 Å². The third-order valence-electron chi connectivity index (χ3n) is 7.91. The Hall–Kier alpha value is -0.730. The fourth-order valence-electron chi connectivity index (χ4n) is 5.85. The van der Waals surface area contributed by atoms with Gasteiger partial charge in [-0.2, -0.15) is 5.48 Å². The van der Waals surface area contributed by atoms with Crippen LogP contribution >= 0.6 is 0 Å². The number of hydrogen-bond donors (Lipinski definition) is 4. The zero-order chi connectivity index (χ0) is 21.1. The zero-order valence-corrected chi connectivity index (χ0v) is 18.8. The molecule has 2 saturated carbocycles. The maximum Gasteiger partial charge on any atom is 0.224 e.